The van der Waals surface area contributed by atoms with Crippen molar-refractivity contribution in [3.8, 4) is 11.3 Å². The van der Waals surface area contributed by atoms with E-state index in [1.54, 1.807) is 19.1 Å². The summed E-state index contributed by atoms with van der Waals surface area (Å²) in [7, 11) is 5.55. The lowest BCUT2D eigenvalue weighted by molar-refractivity contribution is -0.156. The number of morpholine rings is 1. The van der Waals surface area contributed by atoms with Crippen LogP contribution in [0.15, 0.2) is 43.1 Å². The summed E-state index contributed by atoms with van der Waals surface area (Å²) >= 11 is 0. The molecule has 3 aromatic rings. The lowest BCUT2D eigenvalue weighted by Gasteiger charge is -2.42. The number of benzene rings is 1. The van der Waals surface area contributed by atoms with Crippen LogP contribution in [0.4, 0.5) is 16.2 Å². The van der Waals surface area contributed by atoms with Gasteiger partial charge in [0.25, 0.3) is 5.91 Å². The second-order valence-corrected chi connectivity index (χ2v) is 23.8. The third-order valence-electron chi connectivity index (χ3n) is 17.5. The topological polar surface area (TPSA) is 178 Å². The largest absolute Gasteiger partial charge is 0.464 e. The van der Waals surface area contributed by atoms with Crippen molar-refractivity contribution in [2.45, 2.75) is 123 Å². The summed E-state index contributed by atoms with van der Waals surface area (Å²) < 4.78 is 21.1. The number of pyridine rings is 1. The number of likely N-dealkylation sites (tertiary alicyclic amines) is 2. The molecule has 2 N–H and O–H groups in total. The Labute approximate surface area is 455 Å². The molecule has 19 heteroatoms. The number of aryl methyl sites for hydroxylation is 1. The molecular weight excluding hydrogens is 979 g/mol. The van der Waals surface area contributed by atoms with Crippen LogP contribution in [0, 0.1) is 16.7 Å². The van der Waals surface area contributed by atoms with Gasteiger partial charge in [0.05, 0.1) is 48.7 Å². The number of hydrogen-bond acceptors (Lipinski definition) is 13. The highest BCUT2D eigenvalue weighted by Gasteiger charge is 2.45. The normalized spacial score (nSPS) is 24.2. The Morgan fingerprint density at radius 3 is 2.39 bits per heavy atom. The zero-order chi connectivity index (χ0) is 54.9. The van der Waals surface area contributed by atoms with E-state index >= 15 is 0 Å². The smallest absolute Gasteiger partial charge is 0.324 e. The summed E-state index contributed by atoms with van der Waals surface area (Å²) in [6, 6.07) is 5.98. The molecule has 6 aliphatic rings. The highest BCUT2D eigenvalue weighted by atomic mass is 16.5. The predicted octanol–water partition coefficient (Wildman–Crippen LogP) is 5.46. The van der Waals surface area contributed by atoms with E-state index in [0.29, 0.717) is 78.2 Å². The zero-order valence-electron chi connectivity index (χ0n) is 47.3. The highest BCUT2D eigenvalue weighted by Crippen LogP contribution is 2.44. The first-order chi connectivity index (χ1) is 36.8. The van der Waals surface area contributed by atoms with Crippen LogP contribution < -0.4 is 20.5 Å². The van der Waals surface area contributed by atoms with Crippen molar-refractivity contribution in [1.82, 2.24) is 44.9 Å². The van der Waals surface area contributed by atoms with Crippen molar-refractivity contribution in [2.24, 2.45) is 16.7 Å². The Hall–Kier alpha value is -5.76. The zero-order valence-corrected chi connectivity index (χ0v) is 47.3. The van der Waals surface area contributed by atoms with Crippen molar-refractivity contribution in [1.29, 1.82) is 0 Å². The van der Waals surface area contributed by atoms with E-state index in [9.17, 15) is 24.0 Å². The average Bonchev–Trinajstić information content (AvgIpc) is 4.02. The van der Waals surface area contributed by atoms with Gasteiger partial charge in [-0.05, 0) is 107 Å². The molecule has 5 saturated heterocycles. The fraction of sp³-hybridized carbons (Fsp3) is 0.655. The molecule has 8 heterocycles. The number of amides is 5. The number of fused-ring (bicyclic) bond motifs is 6. The van der Waals surface area contributed by atoms with Crippen LogP contribution in [0.1, 0.15) is 97.4 Å². The number of cyclic esters (lactones) is 1. The van der Waals surface area contributed by atoms with Gasteiger partial charge in [0, 0.05) is 127 Å². The first-order valence-corrected chi connectivity index (χ1v) is 28.3. The fourth-order valence-corrected chi connectivity index (χ4v) is 12.9. The number of nitrogens with zero attached hydrogens (tertiary/aromatic N) is 9. The first-order valence-electron chi connectivity index (χ1n) is 28.3. The molecule has 1 spiro atoms. The van der Waals surface area contributed by atoms with Gasteiger partial charge in [-0.2, -0.15) is 0 Å². The summed E-state index contributed by atoms with van der Waals surface area (Å²) in [5.74, 6) is -1.63. The number of esters is 1. The SMILES string of the molecule is C=CC(=O)N1CCC2(CCN(C(=O)N(C)[C@H](C(=O)N[C@H]3C[C@H]4CN(CCO4)c4ccc5c(c4)c(c(-c4cc(N6CCN(C)CC6)cnc4[C@H](C)OC)n5CC)CC(C)(C)COC(=O)[C@@H]4CCCN(N4)C3=O)C(C)C)CC2)C1. The van der Waals surface area contributed by atoms with Crippen LogP contribution in [0.25, 0.3) is 22.2 Å². The molecule has 420 valence electrons. The monoisotopic (exact) mass is 1060 g/mol. The molecule has 6 aliphatic heterocycles. The lowest BCUT2D eigenvalue weighted by atomic mass is 9.78. The van der Waals surface area contributed by atoms with E-state index in [2.05, 4.69) is 88.7 Å². The molecule has 6 bridgehead atoms. The van der Waals surface area contributed by atoms with Gasteiger partial charge in [0.15, 0.2) is 0 Å². The molecule has 0 unspecified atom stereocenters. The van der Waals surface area contributed by atoms with Crippen LogP contribution in [0.3, 0.4) is 0 Å². The Bertz CT molecular complexity index is 2670. The third-order valence-corrected chi connectivity index (χ3v) is 17.5. The first kappa shape index (κ1) is 56.0. The van der Waals surface area contributed by atoms with E-state index in [0.717, 1.165) is 90.2 Å². The van der Waals surface area contributed by atoms with Crippen LogP contribution in [-0.2, 0) is 46.4 Å². The van der Waals surface area contributed by atoms with E-state index in [-0.39, 0.29) is 48.3 Å². The van der Waals surface area contributed by atoms with Gasteiger partial charge >= 0.3 is 12.0 Å². The van der Waals surface area contributed by atoms with Gasteiger partial charge in [-0.3, -0.25) is 29.2 Å². The number of carbonyl (C=O) groups is 5. The van der Waals surface area contributed by atoms with E-state index < -0.39 is 41.5 Å². The summed E-state index contributed by atoms with van der Waals surface area (Å²) in [5.41, 5.74) is 9.91. The third kappa shape index (κ3) is 11.8. The number of carbonyl (C=O) groups excluding carboxylic acids is 5. The van der Waals surface area contributed by atoms with Crippen molar-refractivity contribution >= 4 is 52.0 Å². The van der Waals surface area contributed by atoms with Gasteiger partial charge in [0.1, 0.15) is 18.1 Å². The minimum absolute atomic E-state index is 0.0406. The molecule has 2 aromatic heterocycles. The number of rotatable bonds is 10. The van der Waals surface area contributed by atoms with Crippen LogP contribution >= 0.6 is 0 Å². The maximum atomic E-state index is 14.9. The molecule has 9 rings (SSSR count). The van der Waals surface area contributed by atoms with Gasteiger partial charge in [-0.25, -0.2) is 10.2 Å². The summed E-state index contributed by atoms with van der Waals surface area (Å²) in [6.45, 7) is 24.7. The highest BCUT2D eigenvalue weighted by molar-refractivity contribution is 5.96. The second kappa shape index (κ2) is 23.3. The number of hydrazine groups is 1. The van der Waals surface area contributed by atoms with Gasteiger partial charge in [0.2, 0.25) is 11.8 Å². The molecular formula is C58H85N11O8. The van der Waals surface area contributed by atoms with E-state index in [1.165, 1.54) is 16.0 Å². The van der Waals surface area contributed by atoms with Crippen LogP contribution in [-0.4, -0.2) is 195 Å². The summed E-state index contributed by atoms with van der Waals surface area (Å²) in [5, 5.41) is 5.69. The number of likely N-dealkylation sites (N-methyl/N-ethyl adjacent to an activating group) is 2. The molecule has 0 saturated carbocycles. The average molecular weight is 1060 g/mol. The van der Waals surface area contributed by atoms with E-state index in [4.69, 9.17) is 19.2 Å². The van der Waals surface area contributed by atoms with Crippen molar-refractivity contribution in [3.05, 3.63) is 54.4 Å². The minimum atomic E-state index is -1.05. The quantitative estimate of drug-likeness (QED) is 0.194. The van der Waals surface area contributed by atoms with E-state index in [1.807, 2.05) is 31.9 Å². The van der Waals surface area contributed by atoms with Crippen molar-refractivity contribution in [3.63, 3.8) is 0 Å². The van der Waals surface area contributed by atoms with Gasteiger partial charge in [-0.15, -0.1) is 0 Å². The number of methoxy groups -OCH3 is 1. The van der Waals surface area contributed by atoms with Crippen molar-refractivity contribution < 1.29 is 38.2 Å². The number of piperazine rings is 1. The fourth-order valence-electron chi connectivity index (χ4n) is 12.9. The number of ether oxygens (including phenoxy) is 3. The number of nitrogens with one attached hydrogen (secondary N) is 2. The summed E-state index contributed by atoms with van der Waals surface area (Å²) in [4.78, 5) is 88.0. The molecule has 1 aromatic carbocycles. The number of anilines is 2. The minimum Gasteiger partial charge on any atom is -0.464 e. The number of aromatic nitrogens is 2. The second-order valence-electron chi connectivity index (χ2n) is 23.8. The number of piperidine rings is 1. The van der Waals surface area contributed by atoms with Gasteiger partial charge in [-0.1, -0.05) is 34.3 Å². The molecule has 19 nitrogen and oxygen atoms in total. The Balaban J connectivity index is 1.03. The summed E-state index contributed by atoms with van der Waals surface area (Å²) in [6.07, 6.45) is 6.78. The van der Waals surface area contributed by atoms with Crippen LogP contribution in [0.5, 0.6) is 0 Å². The molecule has 0 radical (unpaired) electrons. The Morgan fingerprint density at radius 1 is 0.974 bits per heavy atom. The Kier molecular flexibility index (Phi) is 16.9. The number of hydrogen-bond donors (Lipinski definition) is 2. The number of urea groups is 1. The predicted molar refractivity (Wildman–Crippen MR) is 297 cm³/mol. The lowest BCUT2D eigenvalue weighted by Crippen LogP contribution is -2.63. The maximum Gasteiger partial charge on any atom is 0.324 e. The molecule has 5 fully saturated rings. The molecule has 0 aliphatic carbocycles. The molecule has 77 heavy (non-hydrogen) atoms. The standard InChI is InChI=1S/C58H85N11O8/c1-11-49(70)67-23-19-58(36-67)17-21-65(22-18-58)56(74)63(9)51(38(3)4)53(71)60-47-32-42-35-66(28-29-76-42)40-15-16-48-43(30-40)45(33-57(6,7)37-77-55(73)46-14-13-20-69(61-46)54(47)72)52(68(48)12-2)44-31-41(34-59-50(44)39(5)75-10)64-26-24-62(8)25-27-64/h11,15-16,30-31,34,38-39,42,46-47,51,61H,1,12-14,17-29,32-33,35-37H2,2-10H3,(H,60,71)/t39-,42-,46-,47-,51-/m0/s1. The van der Waals surface area contributed by atoms with Crippen molar-refractivity contribution in [2.75, 3.05) is 116 Å². The molecule has 5 atom stereocenters. The van der Waals surface area contributed by atoms with Crippen LogP contribution in [0.2, 0.25) is 0 Å². The van der Waals surface area contributed by atoms with Gasteiger partial charge < -0.3 is 53.5 Å². The molecule has 5 amide bonds. The Morgan fingerprint density at radius 2 is 1.70 bits per heavy atom. The maximum absolute atomic E-state index is 14.9.